The number of halogens is 1. The fraction of sp³-hybridized carbons (Fsp3) is 0.429. The van der Waals surface area contributed by atoms with Crippen LogP contribution in [0.1, 0.15) is 37.8 Å². The highest BCUT2D eigenvalue weighted by Gasteiger charge is 2.09. The number of rotatable bonds is 4. The van der Waals surface area contributed by atoms with Gasteiger partial charge in [-0.15, -0.1) is 0 Å². The summed E-state index contributed by atoms with van der Waals surface area (Å²) in [5, 5.41) is 9.51. The minimum atomic E-state index is -0.622. The Kier molecular flexibility index (Phi) is 4.25. The Morgan fingerprint density at radius 2 is 2.06 bits per heavy atom. The second-order valence-corrected chi connectivity index (χ2v) is 4.76. The van der Waals surface area contributed by atoms with E-state index in [-0.39, 0.29) is 5.82 Å². The first kappa shape index (κ1) is 12.9. The van der Waals surface area contributed by atoms with Crippen molar-refractivity contribution in [2.75, 3.05) is 0 Å². The first-order chi connectivity index (χ1) is 7.38. The van der Waals surface area contributed by atoms with E-state index in [1.54, 1.807) is 26.8 Å². The summed E-state index contributed by atoms with van der Waals surface area (Å²) in [5.74, 6) is -0.173. The second-order valence-electron chi connectivity index (χ2n) is 4.76. The van der Waals surface area contributed by atoms with Crippen molar-refractivity contribution in [3.05, 3.63) is 41.2 Å². The van der Waals surface area contributed by atoms with Crippen LogP contribution in [0.4, 0.5) is 4.39 Å². The standard InChI is InChI=1S/C14H19FO/c1-11-10-12(7-8-13(11)15)6-4-5-9-14(2,3)16/h4,6-8,10,16H,5,9H2,1-3H3/b6-4+. The van der Waals surface area contributed by atoms with Crippen molar-refractivity contribution in [1.82, 2.24) is 0 Å². The average molecular weight is 222 g/mol. The molecule has 0 fully saturated rings. The van der Waals surface area contributed by atoms with Gasteiger partial charge in [0.15, 0.2) is 0 Å². The molecule has 0 aliphatic rings. The smallest absolute Gasteiger partial charge is 0.126 e. The molecule has 0 heterocycles. The first-order valence-electron chi connectivity index (χ1n) is 5.53. The number of hydrogen-bond donors (Lipinski definition) is 1. The summed E-state index contributed by atoms with van der Waals surface area (Å²) in [5.41, 5.74) is 1.03. The van der Waals surface area contributed by atoms with Gasteiger partial charge in [-0.2, -0.15) is 0 Å². The van der Waals surface area contributed by atoms with Crippen LogP contribution >= 0.6 is 0 Å². The van der Waals surface area contributed by atoms with E-state index in [9.17, 15) is 9.50 Å². The fourth-order valence-corrected chi connectivity index (χ4v) is 1.43. The maximum atomic E-state index is 13.0. The van der Waals surface area contributed by atoms with E-state index in [1.165, 1.54) is 6.07 Å². The van der Waals surface area contributed by atoms with Gasteiger partial charge in [-0.25, -0.2) is 4.39 Å². The van der Waals surface area contributed by atoms with Gasteiger partial charge in [-0.1, -0.05) is 18.2 Å². The van der Waals surface area contributed by atoms with Gasteiger partial charge in [-0.3, -0.25) is 0 Å². The molecule has 0 atom stereocenters. The highest BCUT2D eigenvalue weighted by molar-refractivity contribution is 5.50. The quantitative estimate of drug-likeness (QED) is 0.823. The second kappa shape index (κ2) is 5.26. The lowest BCUT2D eigenvalue weighted by Gasteiger charge is -2.14. The molecule has 0 aromatic heterocycles. The lowest BCUT2D eigenvalue weighted by Crippen LogP contribution is -2.17. The molecule has 0 saturated heterocycles. The Bertz CT molecular complexity index is 375. The average Bonchev–Trinajstić information content (AvgIpc) is 2.17. The van der Waals surface area contributed by atoms with Crippen LogP contribution in [0.15, 0.2) is 24.3 Å². The van der Waals surface area contributed by atoms with Gasteiger partial charge >= 0.3 is 0 Å². The van der Waals surface area contributed by atoms with Crippen LogP contribution in [-0.2, 0) is 0 Å². The summed E-state index contributed by atoms with van der Waals surface area (Å²) in [6, 6.07) is 5.05. The van der Waals surface area contributed by atoms with Gasteiger partial charge in [-0.05, 0) is 56.9 Å². The third-order valence-electron chi connectivity index (χ3n) is 2.42. The van der Waals surface area contributed by atoms with Crippen LogP contribution in [0.25, 0.3) is 6.08 Å². The van der Waals surface area contributed by atoms with Crippen LogP contribution in [0, 0.1) is 12.7 Å². The zero-order chi connectivity index (χ0) is 12.2. The summed E-state index contributed by atoms with van der Waals surface area (Å²) in [6.07, 6.45) is 5.51. The van der Waals surface area contributed by atoms with E-state index in [0.29, 0.717) is 5.56 Å². The minimum Gasteiger partial charge on any atom is -0.390 e. The molecule has 0 unspecified atom stereocenters. The monoisotopic (exact) mass is 222 g/mol. The molecule has 0 aliphatic heterocycles. The largest absolute Gasteiger partial charge is 0.390 e. The summed E-state index contributed by atoms with van der Waals surface area (Å²) >= 11 is 0. The van der Waals surface area contributed by atoms with Crippen molar-refractivity contribution < 1.29 is 9.50 Å². The van der Waals surface area contributed by atoms with Crippen molar-refractivity contribution in [3.8, 4) is 0 Å². The molecule has 16 heavy (non-hydrogen) atoms. The molecule has 1 N–H and O–H groups in total. The van der Waals surface area contributed by atoms with Gasteiger partial charge in [0.1, 0.15) is 5.82 Å². The molecule has 1 rings (SSSR count). The molecular weight excluding hydrogens is 203 g/mol. The Balaban J connectivity index is 2.53. The van der Waals surface area contributed by atoms with Crippen molar-refractivity contribution in [2.24, 2.45) is 0 Å². The molecule has 0 radical (unpaired) electrons. The van der Waals surface area contributed by atoms with Crippen LogP contribution in [-0.4, -0.2) is 10.7 Å². The van der Waals surface area contributed by atoms with Crippen molar-refractivity contribution in [3.63, 3.8) is 0 Å². The topological polar surface area (TPSA) is 20.2 Å². The van der Waals surface area contributed by atoms with Crippen molar-refractivity contribution in [2.45, 2.75) is 39.2 Å². The third kappa shape index (κ3) is 4.58. The number of benzene rings is 1. The highest BCUT2D eigenvalue weighted by Crippen LogP contribution is 2.13. The summed E-state index contributed by atoms with van der Waals surface area (Å²) < 4.78 is 13.0. The van der Waals surface area contributed by atoms with Crippen LogP contribution in [0.3, 0.4) is 0 Å². The van der Waals surface area contributed by atoms with Gasteiger partial charge in [0.25, 0.3) is 0 Å². The van der Waals surface area contributed by atoms with Crippen molar-refractivity contribution >= 4 is 6.08 Å². The first-order valence-corrected chi connectivity index (χ1v) is 5.53. The molecular formula is C14H19FO. The van der Waals surface area contributed by atoms with Crippen LogP contribution in [0.2, 0.25) is 0 Å². The predicted molar refractivity (Wildman–Crippen MR) is 65.7 cm³/mol. The number of aryl methyl sites for hydroxylation is 1. The summed E-state index contributed by atoms with van der Waals surface area (Å²) in [7, 11) is 0. The SMILES string of the molecule is Cc1cc(/C=C/CCC(C)(C)O)ccc1F. The van der Waals surface area contributed by atoms with Crippen molar-refractivity contribution in [1.29, 1.82) is 0 Å². The van der Waals surface area contributed by atoms with Gasteiger partial charge in [0, 0.05) is 0 Å². The lowest BCUT2D eigenvalue weighted by molar-refractivity contribution is 0.0722. The maximum Gasteiger partial charge on any atom is 0.126 e. The van der Waals surface area contributed by atoms with E-state index in [2.05, 4.69) is 0 Å². The van der Waals surface area contributed by atoms with Gasteiger partial charge < -0.3 is 5.11 Å². The molecule has 0 bridgehead atoms. The lowest BCUT2D eigenvalue weighted by atomic mass is 10.0. The molecule has 0 saturated carbocycles. The minimum absolute atomic E-state index is 0.173. The highest BCUT2D eigenvalue weighted by atomic mass is 19.1. The zero-order valence-electron chi connectivity index (χ0n) is 10.1. The van der Waals surface area contributed by atoms with Crippen LogP contribution in [0.5, 0.6) is 0 Å². The normalized spacial score (nSPS) is 12.3. The van der Waals surface area contributed by atoms with E-state index in [4.69, 9.17) is 0 Å². The van der Waals surface area contributed by atoms with E-state index < -0.39 is 5.60 Å². The maximum absolute atomic E-state index is 13.0. The number of hydrogen-bond acceptors (Lipinski definition) is 1. The molecule has 0 amide bonds. The number of allylic oxidation sites excluding steroid dienone is 1. The zero-order valence-corrected chi connectivity index (χ0v) is 10.1. The van der Waals surface area contributed by atoms with E-state index >= 15 is 0 Å². The predicted octanol–water partition coefficient (Wildman–Crippen LogP) is 3.70. The molecule has 1 nitrogen and oxygen atoms in total. The summed E-state index contributed by atoms with van der Waals surface area (Å²) in [4.78, 5) is 0. The fourth-order valence-electron chi connectivity index (χ4n) is 1.43. The summed E-state index contributed by atoms with van der Waals surface area (Å²) in [6.45, 7) is 5.34. The van der Waals surface area contributed by atoms with E-state index in [0.717, 1.165) is 18.4 Å². The van der Waals surface area contributed by atoms with Gasteiger partial charge in [0.05, 0.1) is 5.60 Å². The molecule has 1 aromatic rings. The molecule has 0 aliphatic carbocycles. The Labute approximate surface area is 96.6 Å². The number of aliphatic hydroxyl groups is 1. The Morgan fingerprint density at radius 1 is 1.38 bits per heavy atom. The Morgan fingerprint density at radius 3 is 2.62 bits per heavy atom. The molecule has 2 heteroatoms. The Hall–Kier alpha value is -1.15. The van der Waals surface area contributed by atoms with Gasteiger partial charge in [0.2, 0.25) is 0 Å². The van der Waals surface area contributed by atoms with E-state index in [1.807, 2.05) is 18.2 Å². The third-order valence-corrected chi connectivity index (χ3v) is 2.42. The molecule has 88 valence electrons. The molecule has 1 aromatic carbocycles. The molecule has 0 spiro atoms. The van der Waals surface area contributed by atoms with Crippen LogP contribution < -0.4 is 0 Å².